The van der Waals surface area contributed by atoms with Crippen LogP contribution in [-0.2, 0) is 16.1 Å². The van der Waals surface area contributed by atoms with Gasteiger partial charge in [-0.25, -0.2) is 0 Å². The van der Waals surface area contributed by atoms with Gasteiger partial charge in [0.1, 0.15) is 0 Å². The summed E-state index contributed by atoms with van der Waals surface area (Å²) in [6, 6.07) is 7.86. The molecule has 1 aromatic rings. The average Bonchev–Trinajstić information content (AvgIpc) is 2.49. The van der Waals surface area contributed by atoms with Crippen molar-refractivity contribution in [1.29, 1.82) is 0 Å². The smallest absolute Gasteiger partial charge is 0.309 e. The van der Waals surface area contributed by atoms with Gasteiger partial charge in [0.05, 0.1) is 0 Å². The van der Waals surface area contributed by atoms with Crippen molar-refractivity contribution in [2.24, 2.45) is 0 Å². The third kappa shape index (κ3) is 7.49. The fraction of sp³-hybridized carbons (Fsp3) is 0.529. The highest BCUT2D eigenvalue weighted by Gasteiger charge is 2.11. The molecule has 0 spiro atoms. The number of carbonyl (C=O) groups is 2. The van der Waals surface area contributed by atoms with Gasteiger partial charge in [-0.3, -0.25) is 9.59 Å². The van der Waals surface area contributed by atoms with Crippen LogP contribution in [0.5, 0.6) is 0 Å². The Bertz CT molecular complexity index is 441. The van der Waals surface area contributed by atoms with Crippen LogP contribution in [0.15, 0.2) is 24.3 Å². The minimum Gasteiger partial charge on any atom is -0.348 e. The van der Waals surface area contributed by atoms with Crippen LogP contribution >= 0.6 is 0 Å². The van der Waals surface area contributed by atoms with Crippen LogP contribution < -0.4 is 10.6 Å². The Hall–Kier alpha value is -1.84. The summed E-state index contributed by atoms with van der Waals surface area (Å²) in [4.78, 5) is 23.2. The zero-order valence-electron chi connectivity index (χ0n) is 13.1. The molecule has 2 amide bonds. The number of amides is 2. The molecule has 0 fully saturated rings. The van der Waals surface area contributed by atoms with Gasteiger partial charge in [0.2, 0.25) is 0 Å². The molecule has 116 valence electrons. The van der Waals surface area contributed by atoms with E-state index in [0.29, 0.717) is 13.1 Å². The monoisotopic (exact) mass is 290 g/mol. The molecule has 0 aliphatic rings. The largest absolute Gasteiger partial charge is 0.348 e. The summed E-state index contributed by atoms with van der Waals surface area (Å²) in [7, 11) is 0. The van der Waals surface area contributed by atoms with Crippen molar-refractivity contribution in [3.05, 3.63) is 35.4 Å². The van der Waals surface area contributed by atoms with Crippen molar-refractivity contribution < 1.29 is 9.59 Å². The van der Waals surface area contributed by atoms with Gasteiger partial charge >= 0.3 is 11.8 Å². The number of hydrogen-bond acceptors (Lipinski definition) is 2. The molecule has 0 aromatic heterocycles. The summed E-state index contributed by atoms with van der Waals surface area (Å²) in [6.07, 6.45) is 5.64. The number of aryl methyl sites for hydroxylation is 1. The lowest BCUT2D eigenvalue weighted by Gasteiger charge is -2.07. The lowest BCUT2D eigenvalue weighted by molar-refractivity contribution is -0.139. The van der Waals surface area contributed by atoms with Gasteiger partial charge < -0.3 is 10.6 Å². The van der Waals surface area contributed by atoms with E-state index in [2.05, 4.69) is 17.6 Å². The lowest BCUT2D eigenvalue weighted by atomic mass is 10.1. The molecule has 1 rings (SSSR count). The minimum atomic E-state index is -0.566. The van der Waals surface area contributed by atoms with Gasteiger partial charge in [-0.05, 0) is 18.9 Å². The molecule has 0 aliphatic carbocycles. The first-order valence-corrected chi connectivity index (χ1v) is 7.75. The SMILES string of the molecule is CCCCCCCNC(=O)C(=O)NCc1ccc(C)cc1. The Kier molecular flexibility index (Phi) is 8.17. The van der Waals surface area contributed by atoms with Crippen LogP contribution in [0.2, 0.25) is 0 Å². The van der Waals surface area contributed by atoms with E-state index in [1.807, 2.05) is 31.2 Å². The standard InChI is InChI=1S/C17H26N2O2/c1-3-4-5-6-7-12-18-16(20)17(21)19-13-15-10-8-14(2)9-11-15/h8-11H,3-7,12-13H2,1-2H3,(H,18,20)(H,19,21). The normalized spacial score (nSPS) is 10.2. The molecule has 0 unspecified atom stereocenters. The van der Waals surface area contributed by atoms with Gasteiger partial charge in [0.15, 0.2) is 0 Å². The van der Waals surface area contributed by atoms with E-state index in [9.17, 15) is 9.59 Å². The Morgan fingerprint density at radius 3 is 2.19 bits per heavy atom. The molecule has 0 bridgehead atoms. The Labute approximate surface area is 127 Å². The second-order valence-corrected chi connectivity index (χ2v) is 5.34. The highest BCUT2D eigenvalue weighted by atomic mass is 16.2. The fourth-order valence-corrected chi connectivity index (χ4v) is 1.98. The number of carbonyl (C=O) groups excluding carboxylic acids is 2. The van der Waals surface area contributed by atoms with Gasteiger partial charge in [-0.2, -0.15) is 0 Å². The lowest BCUT2D eigenvalue weighted by Crippen LogP contribution is -2.39. The van der Waals surface area contributed by atoms with Crippen molar-refractivity contribution in [2.45, 2.75) is 52.5 Å². The first-order valence-electron chi connectivity index (χ1n) is 7.75. The average molecular weight is 290 g/mol. The molecular formula is C17H26N2O2. The van der Waals surface area contributed by atoms with Crippen LogP contribution in [0.4, 0.5) is 0 Å². The maximum atomic E-state index is 11.6. The number of unbranched alkanes of at least 4 members (excludes halogenated alkanes) is 4. The third-order valence-corrected chi connectivity index (χ3v) is 3.35. The molecule has 1 aromatic carbocycles. The molecule has 0 atom stereocenters. The van der Waals surface area contributed by atoms with Gasteiger partial charge in [0, 0.05) is 13.1 Å². The molecule has 2 N–H and O–H groups in total. The molecule has 21 heavy (non-hydrogen) atoms. The van der Waals surface area contributed by atoms with Gasteiger partial charge in [-0.1, -0.05) is 62.4 Å². The summed E-state index contributed by atoms with van der Waals surface area (Å²) in [5, 5.41) is 5.28. The van der Waals surface area contributed by atoms with E-state index in [1.165, 1.54) is 24.8 Å². The van der Waals surface area contributed by atoms with Crippen molar-refractivity contribution in [2.75, 3.05) is 6.54 Å². The van der Waals surface area contributed by atoms with E-state index in [0.717, 1.165) is 18.4 Å². The first-order chi connectivity index (χ1) is 10.1. The Morgan fingerprint density at radius 1 is 0.905 bits per heavy atom. The summed E-state index contributed by atoms with van der Waals surface area (Å²) >= 11 is 0. The molecule has 0 saturated carbocycles. The second kappa shape index (κ2) is 9.97. The second-order valence-electron chi connectivity index (χ2n) is 5.34. The predicted octanol–water partition coefficient (Wildman–Crippen LogP) is 2.70. The summed E-state index contributed by atoms with van der Waals surface area (Å²) in [6.45, 7) is 5.13. The molecule has 0 heterocycles. The minimum absolute atomic E-state index is 0.378. The molecule has 0 radical (unpaired) electrons. The van der Waals surface area contributed by atoms with E-state index < -0.39 is 11.8 Å². The number of benzene rings is 1. The molecule has 4 nitrogen and oxygen atoms in total. The maximum Gasteiger partial charge on any atom is 0.309 e. The summed E-state index contributed by atoms with van der Waals surface area (Å²) in [5.74, 6) is -1.11. The van der Waals surface area contributed by atoms with Crippen molar-refractivity contribution >= 4 is 11.8 Å². The van der Waals surface area contributed by atoms with Gasteiger partial charge in [0.25, 0.3) is 0 Å². The van der Waals surface area contributed by atoms with E-state index >= 15 is 0 Å². The number of rotatable bonds is 8. The molecule has 0 saturated heterocycles. The van der Waals surface area contributed by atoms with E-state index in [-0.39, 0.29) is 0 Å². The van der Waals surface area contributed by atoms with Crippen LogP contribution in [0.1, 0.15) is 50.2 Å². The van der Waals surface area contributed by atoms with Crippen LogP contribution in [0.3, 0.4) is 0 Å². The third-order valence-electron chi connectivity index (χ3n) is 3.35. The highest BCUT2D eigenvalue weighted by Crippen LogP contribution is 2.02. The molecule has 4 heteroatoms. The number of nitrogens with one attached hydrogen (secondary N) is 2. The zero-order chi connectivity index (χ0) is 15.5. The zero-order valence-corrected chi connectivity index (χ0v) is 13.1. The van der Waals surface area contributed by atoms with Crippen LogP contribution in [0.25, 0.3) is 0 Å². The summed E-state index contributed by atoms with van der Waals surface area (Å²) in [5.41, 5.74) is 2.16. The van der Waals surface area contributed by atoms with Crippen molar-refractivity contribution in [1.82, 2.24) is 10.6 Å². The van der Waals surface area contributed by atoms with Crippen LogP contribution in [-0.4, -0.2) is 18.4 Å². The topological polar surface area (TPSA) is 58.2 Å². The Balaban J connectivity index is 2.16. The fourth-order valence-electron chi connectivity index (χ4n) is 1.98. The quantitative estimate of drug-likeness (QED) is 0.571. The Morgan fingerprint density at radius 2 is 1.52 bits per heavy atom. The van der Waals surface area contributed by atoms with Crippen molar-refractivity contribution in [3.63, 3.8) is 0 Å². The predicted molar refractivity (Wildman–Crippen MR) is 84.8 cm³/mol. The van der Waals surface area contributed by atoms with Gasteiger partial charge in [-0.15, -0.1) is 0 Å². The van der Waals surface area contributed by atoms with E-state index in [1.54, 1.807) is 0 Å². The van der Waals surface area contributed by atoms with Crippen LogP contribution in [0, 0.1) is 6.92 Å². The molecular weight excluding hydrogens is 264 g/mol. The first kappa shape index (κ1) is 17.2. The highest BCUT2D eigenvalue weighted by molar-refractivity contribution is 6.35. The van der Waals surface area contributed by atoms with E-state index in [4.69, 9.17) is 0 Å². The maximum absolute atomic E-state index is 11.6. The molecule has 0 aliphatic heterocycles. The number of hydrogen-bond donors (Lipinski definition) is 2. The van der Waals surface area contributed by atoms with Crippen molar-refractivity contribution in [3.8, 4) is 0 Å². The summed E-state index contributed by atoms with van der Waals surface area (Å²) < 4.78 is 0.